The number of furan rings is 1. The van der Waals surface area contributed by atoms with Crippen LogP contribution in [0.15, 0.2) is 22.8 Å². The molecule has 3 N–H and O–H groups in total. The average molecular weight is 308 g/mol. The van der Waals surface area contributed by atoms with Crippen molar-refractivity contribution in [2.24, 2.45) is 0 Å². The lowest BCUT2D eigenvalue weighted by Crippen LogP contribution is -2.46. The highest BCUT2D eigenvalue weighted by Crippen LogP contribution is 2.00. The SMILES string of the molecule is CC(NC(=O)c1ccco1)C(=O)NCCCN1CCNCC1. The number of hydrogen-bond donors (Lipinski definition) is 3. The zero-order valence-electron chi connectivity index (χ0n) is 12.9. The first-order valence-electron chi connectivity index (χ1n) is 7.72. The molecule has 1 atom stereocenters. The van der Waals surface area contributed by atoms with E-state index in [9.17, 15) is 9.59 Å². The van der Waals surface area contributed by atoms with Crippen LogP contribution in [0.2, 0.25) is 0 Å². The minimum atomic E-state index is -0.586. The maximum atomic E-state index is 11.9. The Morgan fingerprint density at radius 2 is 2.18 bits per heavy atom. The molecule has 0 saturated carbocycles. The Hall–Kier alpha value is -1.86. The van der Waals surface area contributed by atoms with Gasteiger partial charge in [0.15, 0.2) is 5.76 Å². The van der Waals surface area contributed by atoms with E-state index in [1.54, 1.807) is 19.1 Å². The maximum Gasteiger partial charge on any atom is 0.287 e. The molecule has 122 valence electrons. The molecule has 0 spiro atoms. The van der Waals surface area contributed by atoms with Crippen molar-refractivity contribution in [3.05, 3.63) is 24.2 Å². The van der Waals surface area contributed by atoms with Crippen LogP contribution in [0.25, 0.3) is 0 Å². The second kappa shape index (κ2) is 8.55. The minimum absolute atomic E-state index is 0.180. The molecule has 0 aliphatic carbocycles. The summed E-state index contributed by atoms with van der Waals surface area (Å²) in [6.07, 6.45) is 2.33. The molecule has 2 heterocycles. The second-order valence-electron chi connectivity index (χ2n) is 5.41. The van der Waals surface area contributed by atoms with E-state index in [0.29, 0.717) is 6.54 Å². The van der Waals surface area contributed by atoms with Gasteiger partial charge in [-0.1, -0.05) is 0 Å². The molecule has 1 unspecified atom stereocenters. The van der Waals surface area contributed by atoms with Gasteiger partial charge in [0.2, 0.25) is 5.91 Å². The Morgan fingerprint density at radius 3 is 2.86 bits per heavy atom. The van der Waals surface area contributed by atoms with Crippen molar-refractivity contribution in [3.63, 3.8) is 0 Å². The molecule has 1 aromatic rings. The predicted octanol–water partition coefficient (Wildman–Crippen LogP) is -0.191. The molecule has 2 rings (SSSR count). The summed E-state index contributed by atoms with van der Waals surface area (Å²) in [5.41, 5.74) is 0. The molecular weight excluding hydrogens is 284 g/mol. The van der Waals surface area contributed by atoms with E-state index in [1.807, 2.05) is 0 Å². The van der Waals surface area contributed by atoms with Gasteiger partial charge >= 0.3 is 0 Å². The molecule has 7 heteroatoms. The Labute approximate surface area is 130 Å². The Kier molecular flexibility index (Phi) is 6.42. The van der Waals surface area contributed by atoms with E-state index in [2.05, 4.69) is 20.9 Å². The first-order valence-corrected chi connectivity index (χ1v) is 7.72. The lowest BCUT2D eigenvalue weighted by Gasteiger charge is -2.27. The minimum Gasteiger partial charge on any atom is -0.459 e. The van der Waals surface area contributed by atoms with Crippen LogP contribution in [0.5, 0.6) is 0 Å². The summed E-state index contributed by atoms with van der Waals surface area (Å²) in [6, 6.07) is 2.61. The normalized spacial score (nSPS) is 17.0. The van der Waals surface area contributed by atoms with Crippen molar-refractivity contribution >= 4 is 11.8 Å². The summed E-state index contributed by atoms with van der Waals surface area (Å²) in [5, 5.41) is 8.76. The lowest BCUT2D eigenvalue weighted by atomic mass is 10.2. The molecule has 0 aromatic carbocycles. The number of hydrogen-bond acceptors (Lipinski definition) is 5. The van der Waals surface area contributed by atoms with Gasteiger partial charge in [0.05, 0.1) is 6.26 Å². The van der Waals surface area contributed by atoms with E-state index >= 15 is 0 Å². The molecule has 1 saturated heterocycles. The number of rotatable bonds is 7. The van der Waals surface area contributed by atoms with Crippen molar-refractivity contribution in [3.8, 4) is 0 Å². The molecule has 1 fully saturated rings. The van der Waals surface area contributed by atoms with Crippen LogP contribution in [-0.4, -0.2) is 62.0 Å². The number of carbonyl (C=O) groups excluding carboxylic acids is 2. The fourth-order valence-electron chi connectivity index (χ4n) is 2.34. The van der Waals surface area contributed by atoms with Crippen LogP contribution in [0.4, 0.5) is 0 Å². The van der Waals surface area contributed by atoms with Crippen molar-refractivity contribution in [2.75, 3.05) is 39.3 Å². The van der Waals surface area contributed by atoms with Crippen molar-refractivity contribution in [2.45, 2.75) is 19.4 Å². The summed E-state index contributed by atoms with van der Waals surface area (Å²) in [5.74, 6) is -0.355. The van der Waals surface area contributed by atoms with Gasteiger partial charge < -0.3 is 25.3 Å². The molecule has 1 aliphatic heterocycles. The van der Waals surface area contributed by atoms with Gasteiger partial charge in [-0.2, -0.15) is 0 Å². The van der Waals surface area contributed by atoms with Crippen LogP contribution < -0.4 is 16.0 Å². The van der Waals surface area contributed by atoms with E-state index in [1.165, 1.54) is 6.26 Å². The summed E-state index contributed by atoms with van der Waals surface area (Å²) in [6.45, 7) is 7.43. The Morgan fingerprint density at radius 1 is 1.41 bits per heavy atom. The third-order valence-corrected chi connectivity index (χ3v) is 3.65. The standard InChI is InChI=1S/C15H24N4O3/c1-12(18-15(21)13-4-2-11-22-13)14(20)17-5-3-8-19-9-6-16-7-10-19/h2,4,11-12,16H,3,5-10H2,1H3,(H,17,20)(H,18,21). The van der Waals surface area contributed by atoms with Crippen LogP contribution in [0.1, 0.15) is 23.9 Å². The molecule has 2 amide bonds. The summed E-state index contributed by atoms with van der Waals surface area (Å²) >= 11 is 0. The number of nitrogens with zero attached hydrogens (tertiary/aromatic N) is 1. The monoisotopic (exact) mass is 308 g/mol. The Balaban J connectivity index is 1.60. The average Bonchev–Trinajstić information content (AvgIpc) is 3.07. The quantitative estimate of drug-likeness (QED) is 0.608. The highest BCUT2D eigenvalue weighted by atomic mass is 16.3. The van der Waals surface area contributed by atoms with Crippen molar-refractivity contribution in [1.29, 1.82) is 0 Å². The largest absolute Gasteiger partial charge is 0.459 e. The van der Waals surface area contributed by atoms with Crippen LogP contribution in [-0.2, 0) is 4.79 Å². The van der Waals surface area contributed by atoms with E-state index in [4.69, 9.17) is 4.42 Å². The van der Waals surface area contributed by atoms with Gasteiger partial charge in [-0.05, 0) is 32.0 Å². The van der Waals surface area contributed by atoms with E-state index in [-0.39, 0.29) is 17.6 Å². The van der Waals surface area contributed by atoms with E-state index < -0.39 is 6.04 Å². The fraction of sp³-hybridized carbons (Fsp3) is 0.600. The van der Waals surface area contributed by atoms with Gasteiger partial charge in [-0.25, -0.2) is 0 Å². The smallest absolute Gasteiger partial charge is 0.287 e. The van der Waals surface area contributed by atoms with Crippen molar-refractivity contribution in [1.82, 2.24) is 20.9 Å². The highest BCUT2D eigenvalue weighted by molar-refractivity contribution is 5.95. The highest BCUT2D eigenvalue weighted by Gasteiger charge is 2.17. The topological polar surface area (TPSA) is 86.6 Å². The van der Waals surface area contributed by atoms with Crippen LogP contribution in [0.3, 0.4) is 0 Å². The van der Waals surface area contributed by atoms with E-state index in [0.717, 1.165) is 39.1 Å². The Bertz CT molecular complexity index is 469. The number of carbonyl (C=O) groups is 2. The third kappa shape index (κ3) is 5.16. The maximum absolute atomic E-state index is 11.9. The summed E-state index contributed by atoms with van der Waals surface area (Å²) in [7, 11) is 0. The van der Waals surface area contributed by atoms with Gasteiger partial charge in [-0.15, -0.1) is 0 Å². The molecule has 0 bridgehead atoms. The lowest BCUT2D eigenvalue weighted by molar-refractivity contribution is -0.122. The third-order valence-electron chi connectivity index (χ3n) is 3.65. The molecule has 22 heavy (non-hydrogen) atoms. The zero-order chi connectivity index (χ0) is 15.8. The van der Waals surface area contributed by atoms with Gasteiger partial charge in [0.1, 0.15) is 6.04 Å². The molecule has 1 aliphatic rings. The van der Waals surface area contributed by atoms with Crippen LogP contribution in [0, 0.1) is 0 Å². The number of piperazine rings is 1. The van der Waals surface area contributed by atoms with Crippen LogP contribution >= 0.6 is 0 Å². The molecule has 1 aromatic heterocycles. The first kappa shape index (κ1) is 16.5. The predicted molar refractivity (Wildman–Crippen MR) is 82.6 cm³/mol. The van der Waals surface area contributed by atoms with Gasteiger partial charge in [0.25, 0.3) is 5.91 Å². The zero-order valence-corrected chi connectivity index (χ0v) is 12.9. The summed E-state index contributed by atoms with van der Waals surface area (Å²) < 4.78 is 4.99. The number of nitrogens with one attached hydrogen (secondary N) is 3. The molecule has 0 radical (unpaired) electrons. The first-order chi connectivity index (χ1) is 10.7. The summed E-state index contributed by atoms with van der Waals surface area (Å²) in [4.78, 5) is 26.1. The van der Waals surface area contributed by atoms with Crippen molar-refractivity contribution < 1.29 is 14.0 Å². The molecule has 7 nitrogen and oxygen atoms in total. The van der Waals surface area contributed by atoms with Gasteiger partial charge in [-0.3, -0.25) is 9.59 Å². The second-order valence-corrected chi connectivity index (χ2v) is 5.41. The molecular formula is C15H24N4O3. The number of amides is 2. The van der Waals surface area contributed by atoms with Gasteiger partial charge in [0, 0.05) is 32.7 Å². The fourth-order valence-corrected chi connectivity index (χ4v) is 2.34.